The van der Waals surface area contributed by atoms with Crippen molar-refractivity contribution in [2.24, 2.45) is 5.73 Å². The third-order valence-corrected chi connectivity index (χ3v) is 5.11. The molecule has 2 rings (SSSR count). The molecular formula is C26H35NO2. The highest BCUT2D eigenvalue weighted by Crippen LogP contribution is 2.28. The predicted molar refractivity (Wildman–Crippen MR) is 123 cm³/mol. The molecule has 0 aliphatic rings. The van der Waals surface area contributed by atoms with E-state index in [1.165, 1.54) is 34.3 Å². The Morgan fingerprint density at radius 2 is 1.48 bits per heavy atom. The molecule has 0 saturated heterocycles. The van der Waals surface area contributed by atoms with Crippen LogP contribution in [0.4, 0.5) is 0 Å². The van der Waals surface area contributed by atoms with E-state index in [-0.39, 0.29) is 11.7 Å². The van der Waals surface area contributed by atoms with Crippen molar-refractivity contribution in [3.05, 3.63) is 75.9 Å². The summed E-state index contributed by atoms with van der Waals surface area (Å²) in [6.45, 7) is 12.4. The zero-order valence-electron chi connectivity index (χ0n) is 18.8. The van der Waals surface area contributed by atoms with Gasteiger partial charge in [-0.15, -0.1) is 0 Å². The van der Waals surface area contributed by atoms with E-state index in [4.69, 9.17) is 5.73 Å². The van der Waals surface area contributed by atoms with Gasteiger partial charge in [0.15, 0.2) is 5.78 Å². The predicted octanol–water partition coefficient (Wildman–Crippen LogP) is 6.53. The number of hydrogen-bond donors (Lipinski definition) is 1. The molecule has 0 atom stereocenters. The van der Waals surface area contributed by atoms with E-state index >= 15 is 0 Å². The topological polar surface area (TPSA) is 60.2 Å². The van der Waals surface area contributed by atoms with Crippen LogP contribution in [0, 0.1) is 6.92 Å². The molecule has 0 aliphatic carbocycles. The number of benzene rings is 2. The number of primary amides is 1. The third-order valence-electron chi connectivity index (χ3n) is 5.11. The number of amides is 1. The van der Waals surface area contributed by atoms with Gasteiger partial charge in [0.05, 0.1) is 0 Å². The lowest BCUT2D eigenvalue weighted by atomic mass is 9.91. The van der Waals surface area contributed by atoms with Gasteiger partial charge in [-0.2, -0.15) is 0 Å². The Labute approximate surface area is 176 Å². The van der Waals surface area contributed by atoms with Crippen LogP contribution in [0.2, 0.25) is 0 Å². The summed E-state index contributed by atoms with van der Waals surface area (Å²) >= 11 is 0. The van der Waals surface area contributed by atoms with Gasteiger partial charge in [0.25, 0.3) is 0 Å². The van der Waals surface area contributed by atoms with Crippen LogP contribution in [-0.4, -0.2) is 11.7 Å². The van der Waals surface area contributed by atoms with Crippen molar-refractivity contribution in [3.8, 4) is 0 Å². The van der Waals surface area contributed by atoms with Crippen LogP contribution >= 0.6 is 0 Å². The van der Waals surface area contributed by atoms with Gasteiger partial charge in [-0.3, -0.25) is 9.59 Å². The molecule has 0 aliphatic heterocycles. The summed E-state index contributed by atoms with van der Waals surface area (Å²) in [6.07, 6.45) is 4.31. The number of hydrogen-bond acceptors (Lipinski definition) is 2. The molecule has 2 aromatic carbocycles. The summed E-state index contributed by atoms with van der Waals surface area (Å²) in [7, 11) is 0. The molecule has 156 valence electrons. The Hall–Kier alpha value is -2.68. The van der Waals surface area contributed by atoms with Crippen LogP contribution in [0.3, 0.4) is 0 Å². The highest BCUT2D eigenvalue weighted by atomic mass is 16.1. The summed E-state index contributed by atoms with van der Waals surface area (Å²) in [5, 5.41) is 0. The van der Waals surface area contributed by atoms with E-state index in [2.05, 4.69) is 46.8 Å². The van der Waals surface area contributed by atoms with Crippen molar-refractivity contribution in [1.29, 1.82) is 0 Å². The maximum absolute atomic E-state index is 11.5. The van der Waals surface area contributed by atoms with Crippen molar-refractivity contribution < 1.29 is 9.59 Å². The molecule has 1 amide bonds. The first-order chi connectivity index (χ1) is 13.7. The fourth-order valence-corrected chi connectivity index (χ4v) is 3.32. The molecule has 3 heteroatoms. The molecule has 29 heavy (non-hydrogen) atoms. The summed E-state index contributed by atoms with van der Waals surface area (Å²) in [4.78, 5) is 22.1. The van der Waals surface area contributed by atoms with Crippen molar-refractivity contribution >= 4 is 17.3 Å². The molecule has 2 aromatic rings. The summed E-state index contributed by atoms with van der Waals surface area (Å²) < 4.78 is 0. The van der Waals surface area contributed by atoms with E-state index in [1.807, 2.05) is 18.2 Å². The van der Waals surface area contributed by atoms with Crippen LogP contribution in [0.1, 0.15) is 91.3 Å². The maximum atomic E-state index is 11.5. The standard InChI is InChI=1S/C17H24O.C9H11NO/c1-6-8-12(3)16(7-2)17-11-15(14(5)18)10-9-13(17)4;1-2-7-3-5-8(6-4-7)9(10)11/h9-11H,6-8H2,1-5H3;3-6H,2H2,1H3,(H2,10,11)/b16-12+;. The van der Waals surface area contributed by atoms with Gasteiger partial charge < -0.3 is 5.73 Å². The molecule has 2 N–H and O–H groups in total. The lowest BCUT2D eigenvalue weighted by Crippen LogP contribution is -2.10. The minimum Gasteiger partial charge on any atom is -0.366 e. The van der Waals surface area contributed by atoms with Gasteiger partial charge in [-0.1, -0.05) is 57.0 Å². The van der Waals surface area contributed by atoms with E-state index < -0.39 is 0 Å². The quantitative estimate of drug-likeness (QED) is 0.544. The van der Waals surface area contributed by atoms with Crippen molar-refractivity contribution in [2.75, 3.05) is 0 Å². The molecule has 0 aromatic heterocycles. The Morgan fingerprint density at radius 1 is 0.897 bits per heavy atom. The second-order valence-corrected chi connectivity index (χ2v) is 7.36. The van der Waals surface area contributed by atoms with Crippen molar-refractivity contribution in [3.63, 3.8) is 0 Å². The minimum absolute atomic E-state index is 0.139. The van der Waals surface area contributed by atoms with Gasteiger partial charge in [0.2, 0.25) is 5.91 Å². The van der Waals surface area contributed by atoms with Gasteiger partial charge >= 0.3 is 0 Å². The number of carbonyl (C=O) groups is 2. The second-order valence-electron chi connectivity index (χ2n) is 7.36. The van der Waals surface area contributed by atoms with Crippen LogP contribution in [0.5, 0.6) is 0 Å². The van der Waals surface area contributed by atoms with E-state index in [0.717, 1.165) is 24.8 Å². The SMILES string of the molecule is CCC/C(C)=C(\CC)c1cc(C(C)=O)ccc1C.CCc1ccc(C(N)=O)cc1. The van der Waals surface area contributed by atoms with Crippen LogP contribution in [-0.2, 0) is 6.42 Å². The van der Waals surface area contributed by atoms with E-state index in [0.29, 0.717) is 5.56 Å². The molecule has 0 unspecified atom stereocenters. The molecule has 0 radical (unpaired) electrons. The van der Waals surface area contributed by atoms with Crippen LogP contribution in [0.25, 0.3) is 5.57 Å². The van der Waals surface area contributed by atoms with Crippen LogP contribution in [0.15, 0.2) is 48.0 Å². The summed E-state index contributed by atoms with van der Waals surface area (Å²) in [5.74, 6) is -0.229. The Kier molecular flexibility index (Phi) is 10.1. The van der Waals surface area contributed by atoms with E-state index in [1.54, 1.807) is 19.1 Å². The average Bonchev–Trinajstić information content (AvgIpc) is 2.70. The first-order valence-corrected chi connectivity index (χ1v) is 10.4. The Balaban J connectivity index is 0.000000326. The number of carbonyl (C=O) groups excluding carboxylic acids is 2. The third kappa shape index (κ3) is 7.34. The highest BCUT2D eigenvalue weighted by molar-refractivity contribution is 5.95. The zero-order chi connectivity index (χ0) is 22.0. The first-order valence-electron chi connectivity index (χ1n) is 10.4. The summed E-state index contributed by atoms with van der Waals surface area (Å²) in [6, 6.07) is 13.4. The van der Waals surface area contributed by atoms with Gasteiger partial charge in [0.1, 0.15) is 0 Å². The van der Waals surface area contributed by atoms with Gasteiger partial charge in [-0.25, -0.2) is 0 Å². The van der Waals surface area contributed by atoms with Crippen molar-refractivity contribution in [1.82, 2.24) is 0 Å². The molecule has 0 saturated carbocycles. The lowest BCUT2D eigenvalue weighted by molar-refractivity contribution is 0.0996. The second kappa shape index (κ2) is 12.0. The fourth-order valence-electron chi connectivity index (χ4n) is 3.32. The maximum Gasteiger partial charge on any atom is 0.248 e. The monoisotopic (exact) mass is 393 g/mol. The molecule has 0 spiro atoms. The number of ketones is 1. The number of allylic oxidation sites excluding steroid dienone is 2. The molecule has 3 nitrogen and oxygen atoms in total. The smallest absolute Gasteiger partial charge is 0.248 e. The highest BCUT2D eigenvalue weighted by Gasteiger charge is 2.09. The molecule has 0 heterocycles. The number of Topliss-reactive ketones (excluding diaryl/α,β-unsaturated/α-hetero) is 1. The number of nitrogens with two attached hydrogens (primary N) is 1. The Bertz CT molecular complexity index is 861. The Morgan fingerprint density at radius 3 is 1.93 bits per heavy atom. The van der Waals surface area contributed by atoms with Crippen molar-refractivity contribution in [2.45, 2.75) is 67.2 Å². The first kappa shape index (κ1) is 24.4. The molecule has 0 bridgehead atoms. The molecular weight excluding hydrogens is 358 g/mol. The average molecular weight is 394 g/mol. The van der Waals surface area contributed by atoms with Crippen LogP contribution < -0.4 is 5.73 Å². The van der Waals surface area contributed by atoms with Gasteiger partial charge in [-0.05, 0) is 80.5 Å². The lowest BCUT2D eigenvalue weighted by Gasteiger charge is -2.14. The fraction of sp³-hybridized carbons (Fsp3) is 0.385. The molecule has 0 fully saturated rings. The van der Waals surface area contributed by atoms with E-state index in [9.17, 15) is 9.59 Å². The number of aryl methyl sites for hydroxylation is 2. The minimum atomic E-state index is -0.368. The number of rotatable bonds is 7. The van der Waals surface area contributed by atoms with Gasteiger partial charge in [0, 0.05) is 11.1 Å². The largest absolute Gasteiger partial charge is 0.366 e. The normalized spacial score (nSPS) is 11.2. The summed E-state index contributed by atoms with van der Waals surface area (Å²) in [5.41, 5.74) is 13.0. The zero-order valence-corrected chi connectivity index (χ0v) is 18.8.